The number of carbonyl (C=O) groups is 2. The molecule has 3 rings (SSSR count). The first kappa shape index (κ1) is 11.7. The SMILES string of the molecule is Cn1cc2cc(N3CC(C(=O)O)CC3=O)ccc2n1. The molecule has 6 heteroatoms. The first-order valence-corrected chi connectivity index (χ1v) is 6.01. The van der Waals surface area contributed by atoms with Crippen LogP contribution in [0, 0.1) is 5.92 Å². The summed E-state index contributed by atoms with van der Waals surface area (Å²) in [5.74, 6) is -1.67. The first-order valence-electron chi connectivity index (χ1n) is 6.01. The van der Waals surface area contributed by atoms with Crippen molar-refractivity contribution in [1.29, 1.82) is 0 Å². The lowest BCUT2D eigenvalue weighted by Gasteiger charge is -2.15. The highest BCUT2D eigenvalue weighted by atomic mass is 16.4. The van der Waals surface area contributed by atoms with Gasteiger partial charge in [0.2, 0.25) is 5.91 Å². The number of carbonyl (C=O) groups excluding carboxylic acids is 1. The van der Waals surface area contributed by atoms with E-state index in [9.17, 15) is 9.59 Å². The van der Waals surface area contributed by atoms with Crippen molar-refractivity contribution in [2.75, 3.05) is 11.4 Å². The van der Waals surface area contributed by atoms with E-state index in [2.05, 4.69) is 5.10 Å². The second kappa shape index (κ2) is 4.08. The fourth-order valence-corrected chi connectivity index (χ4v) is 2.43. The molecule has 1 saturated heterocycles. The summed E-state index contributed by atoms with van der Waals surface area (Å²) in [4.78, 5) is 24.4. The summed E-state index contributed by atoms with van der Waals surface area (Å²) in [6.07, 6.45) is 1.94. The normalized spacial score (nSPS) is 19.3. The van der Waals surface area contributed by atoms with Gasteiger partial charge < -0.3 is 10.0 Å². The van der Waals surface area contributed by atoms with Crippen LogP contribution in [0.3, 0.4) is 0 Å². The zero-order valence-electron chi connectivity index (χ0n) is 10.4. The Labute approximate surface area is 109 Å². The molecule has 6 nitrogen and oxygen atoms in total. The van der Waals surface area contributed by atoms with Gasteiger partial charge in [-0.15, -0.1) is 0 Å². The van der Waals surface area contributed by atoms with Crippen LogP contribution in [-0.2, 0) is 16.6 Å². The van der Waals surface area contributed by atoms with Crippen LogP contribution in [0.2, 0.25) is 0 Å². The number of anilines is 1. The molecule has 1 aromatic heterocycles. The van der Waals surface area contributed by atoms with Gasteiger partial charge in [-0.25, -0.2) is 0 Å². The molecule has 19 heavy (non-hydrogen) atoms. The number of rotatable bonds is 2. The molecule has 0 radical (unpaired) electrons. The third-order valence-corrected chi connectivity index (χ3v) is 3.39. The van der Waals surface area contributed by atoms with E-state index in [1.807, 2.05) is 25.4 Å². The molecule has 0 spiro atoms. The quantitative estimate of drug-likeness (QED) is 0.873. The Bertz CT molecular complexity index is 677. The van der Waals surface area contributed by atoms with Crippen molar-refractivity contribution in [3.05, 3.63) is 24.4 Å². The van der Waals surface area contributed by atoms with E-state index >= 15 is 0 Å². The number of carboxylic acid groups (broad SMARTS) is 1. The maximum Gasteiger partial charge on any atom is 0.308 e. The third-order valence-electron chi connectivity index (χ3n) is 3.39. The van der Waals surface area contributed by atoms with Crippen LogP contribution in [0.4, 0.5) is 5.69 Å². The molecule has 1 aromatic carbocycles. The topological polar surface area (TPSA) is 75.4 Å². The summed E-state index contributed by atoms with van der Waals surface area (Å²) in [6, 6.07) is 5.51. The van der Waals surface area contributed by atoms with E-state index < -0.39 is 11.9 Å². The lowest BCUT2D eigenvalue weighted by molar-refractivity contribution is -0.141. The van der Waals surface area contributed by atoms with Crippen molar-refractivity contribution in [2.24, 2.45) is 13.0 Å². The van der Waals surface area contributed by atoms with Gasteiger partial charge in [0.1, 0.15) is 0 Å². The van der Waals surface area contributed by atoms with Gasteiger partial charge in [-0.1, -0.05) is 0 Å². The van der Waals surface area contributed by atoms with E-state index in [1.165, 1.54) is 4.90 Å². The number of nitrogens with zero attached hydrogens (tertiary/aromatic N) is 3. The van der Waals surface area contributed by atoms with E-state index in [0.717, 1.165) is 16.6 Å². The first-order chi connectivity index (χ1) is 9.04. The van der Waals surface area contributed by atoms with Crippen molar-refractivity contribution in [2.45, 2.75) is 6.42 Å². The van der Waals surface area contributed by atoms with Gasteiger partial charge in [0.25, 0.3) is 0 Å². The Hall–Kier alpha value is -2.37. The molecule has 2 aromatic rings. The average Bonchev–Trinajstić information content (AvgIpc) is 2.90. The fraction of sp³-hybridized carbons (Fsp3) is 0.308. The molecule has 1 N–H and O–H groups in total. The Morgan fingerprint density at radius 1 is 1.47 bits per heavy atom. The molecule has 1 atom stereocenters. The molecule has 0 bridgehead atoms. The number of aryl methyl sites for hydroxylation is 1. The zero-order chi connectivity index (χ0) is 13.6. The highest BCUT2D eigenvalue weighted by Gasteiger charge is 2.35. The van der Waals surface area contributed by atoms with Crippen molar-refractivity contribution < 1.29 is 14.7 Å². The summed E-state index contributed by atoms with van der Waals surface area (Å²) in [5, 5.41) is 14.2. The summed E-state index contributed by atoms with van der Waals surface area (Å²) < 4.78 is 1.71. The van der Waals surface area contributed by atoms with Gasteiger partial charge in [0, 0.05) is 37.3 Å². The van der Waals surface area contributed by atoms with E-state index in [1.54, 1.807) is 10.7 Å². The second-order valence-corrected chi connectivity index (χ2v) is 4.79. The molecule has 1 aliphatic heterocycles. The van der Waals surface area contributed by atoms with Crippen molar-refractivity contribution in [3.8, 4) is 0 Å². The number of amides is 1. The molecule has 0 saturated carbocycles. The number of hydrogen-bond donors (Lipinski definition) is 1. The summed E-state index contributed by atoms with van der Waals surface area (Å²) in [7, 11) is 1.83. The van der Waals surface area contributed by atoms with Crippen molar-refractivity contribution in [1.82, 2.24) is 9.78 Å². The highest BCUT2D eigenvalue weighted by Crippen LogP contribution is 2.27. The van der Waals surface area contributed by atoms with Gasteiger partial charge in [0.15, 0.2) is 0 Å². The lowest BCUT2D eigenvalue weighted by Crippen LogP contribution is -2.25. The van der Waals surface area contributed by atoms with Crippen molar-refractivity contribution in [3.63, 3.8) is 0 Å². The predicted molar refractivity (Wildman–Crippen MR) is 68.8 cm³/mol. The zero-order valence-corrected chi connectivity index (χ0v) is 10.4. The highest BCUT2D eigenvalue weighted by molar-refractivity contribution is 6.00. The average molecular weight is 259 g/mol. The predicted octanol–water partition coefficient (Wildman–Crippen LogP) is 1.01. The molecule has 1 amide bonds. The Morgan fingerprint density at radius 2 is 2.26 bits per heavy atom. The monoisotopic (exact) mass is 259 g/mol. The standard InChI is InChI=1S/C13H13N3O3/c1-15-6-8-4-10(2-3-11(8)14-15)16-7-9(13(18)19)5-12(16)17/h2-4,6,9H,5,7H2,1H3,(H,18,19). The molecule has 98 valence electrons. The van der Waals surface area contributed by atoms with E-state index in [-0.39, 0.29) is 18.9 Å². The van der Waals surface area contributed by atoms with Gasteiger partial charge in [-0.2, -0.15) is 5.10 Å². The minimum atomic E-state index is -0.918. The molecular formula is C13H13N3O3. The van der Waals surface area contributed by atoms with E-state index in [0.29, 0.717) is 0 Å². The minimum Gasteiger partial charge on any atom is -0.481 e. The minimum absolute atomic E-state index is 0.0699. The maximum atomic E-state index is 11.9. The molecule has 1 fully saturated rings. The Balaban J connectivity index is 1.95. The summed E-state index contributed by atoms with van der Waals surface area (Å²) >= 11 is 0. The van der Waals surface area contributed by atoms with Crippen LogP contribution in [-0.4, -0.2) is 33.3 Å². The van der Waals surface area contributed by atoms with Crippen LogP contribution in [0.15, 0.2) is 24.4 Å². The number of aromatic nitrogens is 2. The summed E-state index contributed by atoms with van der Waals surface area (Å²) in [5.41, 5.74) is 1.59. The number of fused-ring (bicyclic) bond motifs is 1. The van der Waals surface area contributed by atoms with Crippen LogP contribution in [0.25, 0.3) is 10.9 Å². The van der Waals surface area contributed by atoms with Crippen LogP contribution < -0.4 is 4.90 Å². The maximum absolute atomic E-state index is 11.9. The van der Waals surface area contributed by atoms with Crippen LogP contribution in [0.5, 0.6) is 0 Å². The molecule has 1 unspecified atom stereocenters. The van der Waals surface area contributed by atoms with Crippen LogP contribution in [0.1, 0.15) is 6.42 Å². The van der Waals surface area contributed by atoms with Gasteiger partial charge in [0.05, 0.1) is 11.4 Å². The molecule has 0 aliphatic carbocycles. The third kappa shape index (κ3) is 1.95. The number of hydrogen-bond acceptors (Lipinski definition) is 3. The lowest BCUT2D eigenvalue weighted by atomic mass is 10.1. The largest absolute Gasteiger partial charge is 0.481 e. The van der Waals surface area contributed by atoms with Gasteiger partial charge in [-0.05, 0) is 18.2 Å². The van der Waals surface area contributed by atoms with E-state index in [4.69, 9.17) is 5.11 Å². The Kier molecular flexibility index (Phi) is 2.51. The van der Waals surface area contributed by atoms with Gasteiger partial charge in [-0.3, -0.25) is 14.3 Å². The molecule has 1 aliphatic rings. The fourth-order valence-electron chi connectivity index (χ4n) is 2.43. The second-order valence-electron chi connectivity index (χ2n) is 4.79. The number of carboxylic acids is 1. The molecule has 2 heterocycles. The molecular weight excluding hydrogens is 246 g/mol. The Morgan fingerprint density at radius 3 is 2.95 bits per heavy atom. The van der Waals surface area contributed by atoms with Crippen LogP contribution >= 0.6 is 0 Å². The van der Waals surface area contributed by atoms with Gasteiger partial charge >= 0.3 is 5.97 Å². The van der Waals surface area contributed by atoms with Crippen molar-refractivity contribution >= 4 is 28.5 Å². The summed E-state index contributed by atoms with van der Waals surface area (Å²) in [6.45, 7) is 0.236. The smallest absolute Gasteiger partial charge is 0.308 e. The number of benzene rings is 1. The number of aliphatic carboxylic acids is 1.